The molecule has 50 heavy (non-hydrogen) atoms. The minimum absolute atomic E-state index is 0. The van der Waals surface area contributed by atoms with Gasteiger partial charge in [0.15, 0.2) is 0 Å². The monoisotopic (exact) mass is 867 g/mol. The first kappa shape index (κ1) is 43.7. The molecule has 0 spiro atoms. The van der Waals surface area contributed by atoms with E-state index in [2.05, 4.69) is 142 Å². The molecule has 0 N–H and O–H groups in total. The van der Waals surface area contributed by atoms with Crippen molar-refractivity contribution in [2.24, 2.45) is 29.6 Å². The fourth-order valence-electron chi connectivity index (χ4n) is 7.88. The fraction of sp³-hybridized carbons (Fsp3) is 0.404. The second-order valence-electron chi connectivity index (χ2n) is 14.2. The molecule has 1 nitrogen and oxygen atoms in total. The molecule has 2 aromatic carbocycles. The van der Waals surface area contributed by atoms with Crippen LogP contribution in [-0.4, -0.2) is 11.8 Å². The van der Waals surface area contributed by atoms with Crippen LogP contribution in [0.3, 0.4) is 0 Å². The van der Waals surface area contributed by atoms with Gasteiger partial charge in [0, 0.05) is 11.5 Å². The second-order valence-corrected chi connectivity index (χ2v) is 16.8. The van der Waals surface area contributed by atoms with Gasteiger partial charge >= 0.3 is 20.1 Å². The van der Waals surface area contributed by atoms with Crippen molar-refractivity contribution < 1.29 is 24.8 Å². The predicted octanol–water partition coefficient (Wildman–Crippen LogP) is 12.2. The standard InChI is InChI=1S/C37H44OP.C8H12.2CH3.Ir/c1-5-29-16-12-13-21-33(29)37(39(30-17-8-6-9-18-30)31-19-10-7-11-20-31)34-22-14-15-23-35(34)38-36-26-28(4)24-25-32(36)27(2)3;1-2-4-6-8-7-5-3-1;;;/h1,5-13,15-21,23,27-29,32-33,36-37H,14,22,24-26H2,2-4H3;1-2,7-8H,3-6H2;2*1H3;/q-1;;2*-1;+3/p+1/b;2-1-,8-7?;;;/t28-,29?,32+,33?,36?,37?;;;;/m0..../s1. The van der Waals surface area contributed by atoms with Crippen molar-refractivity contribution in [3.8, 4) is 0 Å². The summed E-state index contributed by atoms with van der Waals surface area (Å²) < 4.78 is 7.18. The molecule has 4 unspecified atom stereocenters. The molecule has 0 saturated heterocycles. The number of hydrogen-bond donors (Lipinski definition) is 0. The van der Waals surface area contributed by atoms with Gasteiger partial charge < -0.3 is 26.2 Å². The number of ether oxygens (including phenoxy) is 1. The van der Waals surface area contributed by atoms with Crippen LogP contribution in [0, 0.1) is 51.0 Å². The third-order valence-electron chi connectivity index (χ3n) is 10.4. The third-order valence-corrected chi connectivity index (χ3v) is 13.7. The topological polar surface area (TPSA) is 9.23 Å². The van der Waals surface area contributed by atoms with E-state index in [-0.39, 0.29) is 47.0 Å². The van der Waals surface area contributed by atoms with E-state index >= 15 is 0 Å². The van der Waals surface area contributed by atoms with Gasteiger partial charge in [0.05, 0.1) is 18.5 Å². The molecule has 1 saturated carbocycles. The molecule has 0 heterocycles. The summed E-state index contributed by atoms with van der Waals surface area (Å²) in [5.74, 6) is 3.59. The van der Waals surface area contributed by atoms with Crippen molar-refractivity contribution in [1.82, 2.24) is 0 Å². The normalized spacial score (nSPS) is 25.4. The van der Waals surface area contributed by atoms with Crippen LogP contribution in [0.15, 0.2) is 139 Å². The molecular formula is C47H63IrOP+. The average molecular weight is 867 g/mol. The van der Waals surface area contributed by atoms with Gasteiger partial charge in [0.2, 0.25) is 0 Å². The van der Waals surface area contributed by atoms with Crippen molar-refractivity contribution in [3.05, 3.63) is 160 Å². The average Bonchev–Trinajstić information content (AvgIpc) is 3.08. The molecule has 0 radical (unpaired) electrons. The Bertz CT molecular complexity index is 1370. The van der Waals surface area contributed by atoms with E-state index in [1.165, 1.54) is 54.7 Å². The van der Waals surface area contributed by atoms with E-state index in [0.29, 0.717) is 29.3 Å². The van der Waals surface area contributed by atoms with Crippen LogP contribution in [0.5, 0.6) is 0 Å². The smallest absolute Gasteiger partial charge is 0.517 e. The Balaban J connectivity index is 0.000000697. The summed E-state index contributed by atoms with van der Waals surface area (Å²) in [6.45, 7) is 13.5. The van der Waals surface area contributed by atoms with Crippen LogP contribution in [0.1, 0.15) is 78.6 Å². The Labute approximate surface area is 322 Å². The summed E-state index contributed by atoms with van der Waals surface area (Å²) in [6, 6.07) is 22.4. The molecule has 0 aromatic heterocycles. The minimum Gasteiger partial charge on any atom is -0.517 e. The Kier molecular flexibility index (Phi) is 20.2. The van der Waals surface area contributed by atoms with E-state index in [9.17, 15) is 0 Å². The predicted molar refractivity (Wildman–Crippen MR) is 220 cm³/mol. The zero-order chi connectivity index (χ0) is 32.8. The molecule has 6 rings (SSSR count). The van der Waals surface area contributed by atoms with Crippen LogP contribution >= 0.6 is 7.92 Å². The van der Waals surface area contributed by atoms with Gasteiger partial charge in [-0.1, -0.05) is 118 Å². The van der Waals surface area contributed by atoms with E-state index < -0.39 is 7.92 Å². The fourth-order valence-corrected chi connectivity index (χ4v) is 11.4. The summed E-state index contributed by atoms with van der Waals surface area (Å²) in [4.78, 5) is 0. The number of hydrogen-bond acceptors (Lipinski definition) is 1. The third kappa shape index (κ3) is 12.0. The molecule has 6 atom stereocenters. The number of allylic oxidation sites excluding steroid dienone is 12. The minimum atomic E-state index is -1.22. The Morgan fingerprint density at radius 1 is 0.760 bits per heavy atom. The molecule has 1 fully saturated rings. The largest absolute Gasteiger partial charge is 3.00 e. The summed E-state index contributed by atoms with van der Waals surface area (Å²) in [6.07, 6.45) is 35.7. The first-order valence-electron chi connectivity index (χ1n) is 18.3. The molecule has 0 aliphatic heterocycles. The Morgan fingerprint density at radius 3 is 1.86 bits per heavy atom. The van der Waals surface area contributed by atoms with Crippen LogP contribution in [0.4, 0.5) is 0 Å². The second kappa shape index (κ2) is 23.1. The van der Waals surface area contributed by atoms with Crippen molar-refractivity contribution in [2.75, 3.05) is 0 Å². The number of rotatable bonds is 9. The van der Waals surface area contributed by atoms with Gasteiger partial charge in [-0.3, -0.25) is 6.08 Å². The van der Waals surface area contributed by atoms with Crippen molar-refractivity contribution in [2.45, 2.75) is 90.3 Å². The van der Waals surface area contributed by atoms with E-state index in [1.54, 1.807) is 0 Å². The molecule has 3 heteroatoms. The first-order chi connectivity index (χ1) is 23.1. The molecule has 270 valence electrons. The van der Waals surface area contributed by atoms with E-state index in [1.807, 2.05) is 6.08 Å². The number of benzene rings is 2. The SMILES string of the molecule is C1=CCC/C=C\CC1.[CH-]=CC1C=CC=CC1C(C1=C(OC2C[C@@H](C)CC[C@@H]2C(C)C)C=CCC1)[PH+](c1ccccc1)c1ccccc1.[CH3-].[CH3-].[Ir+3]. The van der Waals surface area contributed by atoms with Crippen LogP contribution in [-0.2, 0) is 24.8 Å². The van der Waals surface area contributed by atoms with Gasteiger partial charge in [-0.15, -0.1) is 0 Å². The zero-order valence-corrected chi connectivity index (χ0v) is 34.7. The zero-order valence-electron chi connectivity index (χ0n) is 31.3. The van der Waals surface area contributed by atoms with E-state index in [4.69, 9.17) is 11.3 Å². The maximum atomic E-state index is 7.18. The summed E-state index contributed by atoms with van der Waals surface area (Å²) in [5, 5.41) is 2.90. The van der Waals surface area contributed by atoms with Crippen LogP contribution in [0.25, 0.3) is 0 Å². The first-order valence-corrected chi connectivity index (χ1v) is 19.9. The molecule has 2 aromatic rings. The summed E-state index contributed by atoms with van der Waals surface area (Å²) in [5.41, 5.74) is 1.82. The van der Waals surface area contributed by atoms with Gasteiger partial charge in [-0.2, -0.15) is 0 Å². The molecule has 4 aliphatic rings. The van der Waals surface area contributed by atoms with Crippen molar-refractivity contribution in [1.29, 1.82) is 0 Å². The maximum Gasteiger partial charge on any atom is 3.00 e. The van der Waals surface area contributed by atoms with E-state index in [0.717, 1.165) is 25.0 Å². The molecule has 4 aliphatic carbocycles. The molecular weight excluding hydrogens is 804 g/mol. The summed E-state index contributed by atoms with van der Waals surface area (Å²) >= 11 is 0. The van der Waals surface area contributed by atoms with Crippen molar-refractivity contribution >= 4 is 18.5 Å². The maximum absolute atomic E-state index is 7.18. The van der Waals surface area contributed by atoms with Crippen molar-refractivity contribution in [3.63, 3.8) is 0 Å². The van der Waals surface area contributed by atoms with Gasteiger partial charge in [-0.05, 0) is 105 Å². The Hall–Kier alpha value is -2.50. The van der Waals surface area contributed by atoms with Crippen LogP contribution < -0.4 is 10.6 Å². The van der Waals surface area contributed by atoms with Gasteiger partial charge in [0.25, 0.3) is 0 Å². The van der Waals surface area contributed by atoms with Crippen LogP contribution in [0.2, 0.25) is 0 Å². The molecule has 0 amide bonds. The summed E-state index contributed by atoms with van der Waals surface area (Å²) in [7, 11) is -1.22. The quantitative estimate of drug-likeness (QED) is 0.139. The van der Waals surface area contributed by atoms with Gasteiger partial charge in [-0.25, -0.2) is 0 Å². The Morgan fingerprint density at radius 2 is 1.32 bits per heavy atom. The molecule has 0 bridgehead atoms. The van der Waals surface area contributed by atoms with Gasteiger partial charge in [0.1, 0.15) is 17.5 Å².